The molecule has 0 aliphatic rings. The summed E-state index contributed by atoms with van der Waals surface area (Å²) in [5.41, 5.74) is 1.04. The molecule has 0 spiro atoms. The van der Waals surface area contributed by atoms with Gasteiger partial charge in [0.25, 0.3) is 0 Å². The Morgan fingerprint density at radius 1 is 1.31 bits per heavy atom. The molecule has 1 aromatic carbocycles. The van der Waals surface area contributed by atoms with E-state index in [1.54, 1.807) is 7.11 Å². The first-order chi connectivity index (χ1) is 7.69. The van der Waals surface area contributed by atoms with Crippen LogP contribution >= 0.6 is 0 Å². The zero-order chi connectivity index (χ0) is 12.0. The zero-order valence-electron chi connectivity index (χ0n) is 10.0. The summed E-state index contributed by atoms with van der Waals surface area (Å²) >= 11 is 0. The van der Waals surface area contributed by atoms with Crippen LogP contribution in [0.1, 0.15) is 19.4 Å². The van der Waals surface area contributed by atoms with Gasteiger partial charge in [-0.3, -0.25) is 0 Å². The van der Waals surface area contributed by atoms with Gasteiger partial charge in [-0.1, -0.05) is 12.1 Å². The number of hydrogen-bond donors (Lipinski definition) is 1. The third kappa shape index (κ3) is 3.40. The van der Waals surface area contributed by atoms with Crippen molar-refractivity contribution in [3.05, 3.63) is 23.8 Å². The Bertz CT molecular complexity index is 326. The van der Waals surface area contributed by atoms with E-state index >= 15 is 0 Å². The average molecular weight is 225 g/mol. The van der Waals surface area contributed by atoms with Crippen molar-refractivity contribution in [3.8, 4) is 11.5 Å². The molecule has 1 aromatic rings. The van der Waals surface area contributed by atoms with Crippen molar-refractivity contribution in [3.63, 3.8) is 0 Å². The largest absolute Gasteiger partial charge is 0.493 e. The Morgan fingerprint density at radius 2 is 2.06 bits per heavy atom. The van der Waals surface area contributed by atoms with E-state index in [2.05, 4.69) is 4.84 Å². The highest BCUT2D eigenvalue weighted by atomic mass is 16.6. The first-order valence-corrected chi connectivity index (χ1v) is 5.33. The lowest BCUT2D eigenvalue weighted by atomic mass is 10.1. The van der Waals surface area contributed by atoms with E-state index < -0.39 is 0 Å². The second-order valence-electron chi connectivity index (χ2n) is 3.74. The van der Waals surface area contributed by atoms with Crippen LogP contribution in [0.2, 0.25) is 0 Å². The number of ether oxygens (including phenoxy) is 2. The van der Waals surface area contributed by atoms with E-state index in [1.165, 1.54) is 0 Å². The van der Waals surface area contributed by atoms with E-state index in [9.17, 15) is 0 Å². The maximum Gasteiger partial charge on any atom is 0.164 e. The lowest BCUT2D eigenvalue weighted by Crippen LogP contribution is -2.10. The quantitative estimate of drug-likeness (QED) is 0.751. The Morgan fingerprint density at radius 3 is 2.62 bits per heavy atom. The summed E-state index contributed by atoms with van der Waals surface area (Å²) in [4.78, 5) is 4.58. The minimum atomic E-state index is 0.105. The highest BCUT2D eigenvalue weighted by Gasteiger charge is 2.11. The molecular weight excluding hydrogens is 206 g/mol. The standard InChI is InChI=1S/C12H19NO3/c1-9(2)16-12-10(7-8-15-13)5-4-6-11(12)14-3/h4-6,9H,7-8,13H2,1-3H3. The summed E-state index contributed by atoms with van der Waals surface area (Å²) in [6, 6.07) is 5.79. The SMILES string of the molecule is COc1cccc(CCON)c1OC(C)C. The monoisotopic (exact) mass is 225 g/mol. The molecule has 4 heteroatoms. The van der Waals surface area contributed by atoms with E-state index in [-0.39, 0.29) is 6.10 Å². The highest BCUT2D eigenvalue weighted by molar-refractivity contribution is 5.46. The molecule has 0 amide bonds. The Hall–Kier alpha value is -1.26. The fourth-order valence-electron chi connectivity index (χ4n) is 1.46. The van der Waals surface area contributed by atoms with Gasteiger partial charge < -0.3 is 14.3 Å². The molecule has 1 rings (SSSR count). The molecule has 0 heterocycles. The van der Waals surface area contributed by atoms with E-state index in [4.69, 9.17) is 15.4 Å². The smallest absolute Gasteiger partial charge is 0.164 e. The van der Waals surface area contributed by atoms with Crippen molar-refractivity contribution in [2.45, 2.75) is 26.4 Å². The lowest BCUT2D eigenvalue weighted by Gasteiger charge is -2.17. The van der Waals surface area contributed by atoms with Crippen molar-refractivity contribution >= 4 is 0 Å². The van der Waals surface area contributed by atoms with Gasteiger partial charge in [0.2, 0.25) is 0 Å². The number of rotatable bonds is 6. The number of hydrogen-bond acceptors (Lipinski definition) is 4. The van der Waals surface area contributed by atoms with Gasteiger partial charge in [-0.2, -0.15) is 0 Å². The number of nitrogens with two attached hydrogens (primary N) is 1. The second-order valence-corrected chi connectivity index (χ2v) is 3.74. The molecule has 0 unspecified atom stereocenters. The highest BCUT2D eigenvalue weighted by Crippen LogP contribution is 2.32. The van der Waals surface area contributed by atoms with Gasteiger partial charge in [-0.15, -0.1) is 0 Å². The molecule has 2 N–H and O–H groups in total. The summed E-state index contributed by atoms with van der Waals surface area (Å²) in [7, 11) is 1.63. The summed E-state index contributed by atoms with van der Waals surface area (Å²) < 4.78 is 11.0. The fraction of sp³-hybridized carbons (Fsp3) is 0.500. The molecule has 0 aromatic heterocycles. The molecule has 0 aliphatic carbocycles. The molecule has 4 nitrogen and oxygen atoms in total. The van der Waals surface area contributed by atoms with Gasteiger partial charge in [0.05, 0.1) is 19.8 Å². The van der Waals surface area contributed by atoms with Crippen molar-refractivity contribution in [2.75, 3.05) is 13.7 Å². The van der Waals surface area contributed by atoms with Gasteiger partial charge in [0.1, 0.15) is 0 Å². The Kier molecular flexibility index (Phi) is 5.08. The number of para-hydroxylation sites is 1. The summed E-state index contributed by atoms with van der Waals surface area (Å²) in [6.45, 7) is 4.42. The third-order valence-electron chi connectivity index (χ3n) is 2.12. The predicted octanol–water partition coefficient (Wildman–Crippen LogP) is 1.92. The normalized spacial score (nSPS) is 10.6. The van der Waals surface area contributed by atoms with Crippen LogP contribution in [0, 0.1) is 0 Å². The molecule has 0 radical (unpaired) electrons. The van der Waals surface area contributed by atoms with Gasteiger partial charge in [-0.05, 0) is 19.9 Å². The maximum absolute atomic E-state index is 5.74. The van der Waals surface area contributed by atoms with Crippen LogP contribution in [-0.4, -0.2) is 19.8 Å². The van der Waals surface area contributed by atoms with E-state index in [0.717, 1.165) is 17.1 Å². The van der Waals surface area contributed by atoms with Gasteiger partial charge >= 0.3 is 0 Å². The molecular formula is C12H19NO3. The molecule has 90 valence electrons. The van der Waals surface area contributed by atoms with Crippen molar-refractivity contribution in [1.82, 2.24) is 0 Å². The van der Waals surface area contributed by atoms with Crippen molar-refractivity contribution in [1.29, 1.82) is 0 Å². The molecule has 0 saturated carbocycles. The predicted molar refractivity (Wildman–Crippen MR) is 62.6 cm³/mol. The van der Waals surface area contributed by atoms with Gasteiger partial charge in [0, 0.05) is 12.0 Å². The maximum atomic E-state index is 5.74. The summed E-state index contributed by atoms with van der Waals surface area (Å²) in [6.07, 6.45) is 0.810. The van der Waals surface area contributed by atoms with Crippen molar-refractivity contribution in [2.24, 2.45) is 5.90 Å². The van der Waals surface area contributed by atoms with Crippen LogP contribution in [0.15, 0.2) is 18.2 Å². The number of benzene rings is 1. The van der Waals surface area contributed by atoms with Crippen LogP contribution in [-0.2, 0) is 11.3 Å². The topological polar surface area (TPSA) is 53.7 Å². The lowest BCUT2D eigenvalue weighted by molar-refractivity contribution is 0.139. The Labute approximate surface area is 96.3 Å². The molecule has 0 fully saturated rings. The second kappa shape index (κ2) is 6.35. The average Bonchev–Trinajstić information content (AvgIpc) is 2.27. The van der Waals surface area contributed by atoms with Crippen LogP contribution in [0.3, 0.4) is 0 Å². The minimum absolute atomic E-state index is 0.105. The van der Waals surface area contributed by atoms with Crippen molar-refractivity contribution < 1.29 is 14.3 Å². The van der Waals surface area contributed by atoms with Gasteiger partial charge in [-0.25, -0.2) is 5.90 Å². The first-order valence-electron chi connectivity index (χ1n) is 5.33. The molecule has 0 saturated heterocycles. The summed E-state index contributed by atoms with van der Waals surface area (Å²) in [5.74, 6) is 6.54. The summed E-state index contributed by atoms with van der Waals surface area (Å²) in [5, 5.41) is 0. The van der Waals surface area contributed by atoms with Gasteiger partial charge in [0.15, 0.2) is 11.5 Å². The molecule has 16 heavy (non-hydrogen) atoms. The van der Waals surface area contributed by atoms with Crippen LogP contribution in [0.25, 0.3) is 0 Å². The first kappa shape index (κ1) is 12.8. The van der Waals surface area contributed by atoms with E-state index in [0.29, 0.717) is 13.0 Å². The molecule has 0 bridgehead atoms. The zero-order valence-corrected chi connectivity index (χ0v) is 10.0. The van der Waals surface area contributed by atoms with Crippen LogP contribution in [0.5, 0.6) is 11.5 Å². The van der Waals surface area contributed by atoms with Crippen LogP contribution < -0.4 is 15.4 Å². The molecule has 0 aliphatic heterocycles. The van der Waals surface area contributed by atoms with Crippen LogP contribution in [0.4, 0.5) is 0 Å². The minimum Gasteiger partial charge on any atom is -0.493 e. The fourth-order valence-corrected chi connectivity index (χ4v) is 1.46. The number of methoxy groups -OCH3 is 1. The van der Waals surface area contributed by atoms with E-state index in [1.807, 2.05) is 32.0 Å². The molecule has 0 atom stereocenters. The Balaban J connectivity index is 2.95. The third-order valence-corrected chi connectivity index (χ3v) is 2.12.